The molecule has 2 rings (SSSR count). The summed E-state index contributed by atoms with van der Waals surface area (Å²) in [6, 6.07) is 7.41. The van der Waals surface area contributed by atoms with E-state index >= 15 is 0 Å². The van der Waals surface area contributed by atoms with E-state index in [0.29, 0.717) is 11.4 Å². The Morgan fingerprint density at radius 2 is 2.13 bits per heavy atom. The molecule has 0 fully saturated rings. The highest BCUT2D eigenvalue weighted by Crippen LogP contribution is 2.22. The number of oxime groups is 1. The number of hydrogen-bond donors (Lipinski definition) is 1. The fraction of sp³-hybridized carbons (Fsp3) is 0.100. The molecule has 0 bridgehead atoms. The highest BCUT2D eigenvalue weighted by molar-refractivity contribution is 5.89. The summed E-state index contributed by atoms with van der Waals surface area (Å²) in [5.41, 5.74) is 2.95. The van der Waals surface area contributed by atoms with Crippen molar-refractivity contribution >= 4 is 6.21 Å². The van der Waals surface area contributed by atoms with Crippen LogP contribution in [0.25, 0.3) is 11.3 Å². The van der Waals surface area contributed by atoms with E-state index in [-0.39, 0.29) is 0 Å². The van der Waals surface area contributed by atoms with E-state index < -0.39 is 0 Å². The van der Waals surface area contributed by atoms with Crippen LogP contribution in [-0.2, 0) is 0 Å². The van der Waals surface area contributed by atoms with E-state index in [1.807, 2.05) is 24.3 Å². The van der Waals surface area contributed by atoms with Gasteiger partial charge in [0.2, 0.25) is 0 Å². The molecule has 1 aromatic heterocycles. The Balaban J connectivity index is 2.57. The molecule has 1 heterocycles. The maximum Gasteiger partial charge on any atom is 0.138 e. The second-order valence-corrected chi connectivity index (χ2v) is 3.03. The second kappa shape index (κ2) is 3.91. The molecule has 0 radical (unpaired) electrons. The molecule has 0 amide bonds. The summed E-state index contributed by atoms with van der Waals surface area (Å²) in [6.07, 6.45) is 1.35. The number of benzene rings is 1. The molecule has 2 aromatic rings. The summed E-state index contributed by atoms with van der Waals surface area (Å²) >= 11 is 0. The van der Waals surface area contributed by atoms with Gasteiger partial charge in [0.05, 0.1) is 6.21 Å². The van der Waals surface area contributed by atoms with Gasteiger partial charge in [0.15, 0.2) is 0 Å². The van der Waals surface area contributed by atoms with E-state index in [0.717, 1.165) is 11.1 Å². The van der Waals surface area contributed by atoms with Crippen LogP contribution < -0.4 is 0 Å². The quantitative estimate of drug-likeness (QED) is 0.459. The standard InChI is InChI=1S/C10H9N3O2/c1-7-10(13-15-12-7)9-5-3-2-4-8(9)6-11-14/h2-6,14H,1H3. The summed E-state index contributed by atoms with van der Waals surface area (Å²) in [5, 5.41) is 19.0. The molecule has 0 aliphatic rings. The number of aryl methyl sites for hydroxylation is 1. The normalized spacial score (nSPS) is 11.0. The third-order valence-electron chi connectivity index (χ3n) is 2.07. The minimum Gasteiger partial charge on any atom is -0.411 e. The first-order valence-electron chi connectivity index (χ1n) is 4.39. The predicted octanol–water partition coefficient (Wildman–Crippen LogP) is 1.85. The van der Waals surface area contributed by atoms with E-state index in [1.54, 1.807) is 6.92 Å². The molecule has 1 aromatic carbocycles. The van der Waals surface area contributed by atoms with Crippen molar-refractivity contribution in [3.05, 3.63) is 35.5 Å². The van der Waals surface area contributed by atoms with Crippen LogP contribution in [0.2, 0.25) is 0 Å². The van der Waals surface area contributed by atoms with Gasteiger partial charge in [-0.2, -0.15) is 0 Å². The maximum atomic E-state index is 8.52. The van der Waals surface area contributed by atoms with Crippen molar-refractivity contribution in [3.63, 3.8) is 0 Å². The van der Waals surface area contributed by atoms with Crippen molar-refractivity contribution in [2.75, 3.05) is 0 Å². The van der Waals surface area contributed by atoms with Crippen molar-refractivity contribution in [1.29, 1.82) is 0 Å². The van der Waals surface area contributed by atoms with Crippen LogP contribution in [-0.4, -0.2) is 21.7 Å². The van der Waals surface area contributed by atoms with E-state index in [1.165, 1.54) is 6.21 Å². The zero-order valence-corrected chi connectivity index (χ0v) is 8.08. The highest BCUT2D eigenvalue weighted by atomic mass is 16.6. The Hall–Kier alpha value is -2.17. The maximum absolute atomic E-state index is 8.52. The fourth-order valence-electron chi connectivity index (χ4n) is 1.36. The van der Waals surface area contributed by atoms with Crippen molar-refractivity contribution in [1.82, 2.24) is 10.3 Å². The first kappa shape index (κ1) is 9.39. The first-order valence-corrected chi connectivity index (χ1v) is 4.39. The van der Waals surface area contributed by atoms with Crippen LogP contribution in [0, 0.1) is 6.92 Å². The van der Waals surface area contributed by atoms with Crippen molar-refractivity contribution in [2.24, 2.45) is 5.16 Å². The number of aromatic nitrogens is 2. The van der Waals surface area contributed by atoms with Crippen LogP contribution in [0.15, 0.2) is 34.1 Å². The van der Waals surface area contributed by atoms with Crippen LogP contribution in [0.1, 0.15) is 11.3 Å². The lowest BCUT2D eigenvalue weighted by Crippen LogP contribution is -1.89. The SMILES string of the molecule is Cc1nonc1-c1ccccc1C=NO. The third kappa shape index (κ3) is 1.71. The van der Waals surface area contributed by atoms with Gasteiger partial charge in [-0.3, -0.25) is 0 Å². The molecule has 5 heteroatoms. The van der Waals surface area contributed by atoms with Crippen molar-refractivity contribution in [2.45, 2.75) is 6.92 Å². The molecule has 0 saturated carbocycles. The largest absolute Gasteiger partial charge is 0.411 e. The Kier molecular flexibility index (Phi) is 2.45. The summed E-state index contributed by atoms with van der Waals surface area (Å²) in [4.78, 5) is 0. The summed E-state index contributed by atoms with van der Waals surface area (Å²) in [7, 11) is 0. The van der Waals surface area contributed by atoms with Crippen LogP contribution >= 0.6 is 0 Å². The lowest BCUT2D eigenvalue weighted by molar-refractivity contribution is 0.306. The number of nitrogens with zero attached hydrogens (tertiary/aromatic N) is 3. The molecular formula is C10H9N3O2. The Morgan fingerprint density at radius 3 is 2.80 bits per heavy atom. The van der Waals surface area contributed by atoms with Crippen LogP contribution in [0.4, 0.5) is 0 Å². The average Bonchev–Trinajstić information content (AvgIpc) is 2.66. The van der Waals surface area contributed by atoms with Gasteiger partial charge >= 0.3 is 0 Å². The Labute approximate surface area is 86.0 Å². The summed E-state index contributed by atoms with van der Waals surface area (Å²) in [6.45, 7) is 1.80. The van der Waals surface area contributed by atoms with Crippen molar-refractivity contribution < 1.29 is 9.84 Å². The number of hydrogen-bond acceptors (Lipinski definition) is 5. The predicted molar refractivity (Wildman–Crippen MR) is 53.9 cm³/mol. The lowest BCUT2D eigenvalue weighted by Gasteiger charge is -2.00. The van der Waals surface area contributed by atoms with E-state index in [2.05, 4.69) is 20.1 Å². The van der Waals surface area contributed by atoms with Gasteiger partial charge in [-0.25, -0.2) is 4.63 Å². The Morgan fingerprint density at radius 1 is 1.33 bits per heavy atom. The molecule has 0 saturated heterocycles. The molecule has 0 aliphatic heterocycles. The minimum atomic E-state index is 0.658. The highest BCUT2D eigenvalue weighted by Gasteiger charge is 2.10. The molecule has 15 heavy (non-hydrogen) atoms. The monoisotopic (exact) mass is 203 g/mol. The topological polar surface area (TPSA) is 71.5 Å². The summed E-state index contributed by atoms with van der Waals surface area (Å²) in [5.74, 6) is 0. The smallest absolute Gasteiger partial charge is 0.138 e. The lowest BCUT2D eigenvalue weighted by atomic mass is 10.0. The zero-order valence-electron chi connectivity index (χ0n) is 8.08. The first-order chi connectivity index (χ1) is 7.33. The molecule has 0 unspecified atom stereocenters. The van der Waals surface area contributed by atoms with Gasteiger partial charge in [-0.05, 0) is 12.1 Å². The van der Waals surface area contributed by atoms with Gasteiger partial charge in [-0.15, -0.1) is 0 Å². The van der Waals surface area contributed by atoms with Gasteiger partial charge in [-0.1, -0.05) is 34.6 Å². The average molecular weight is 203 g/mol. The van der Waals surface area contributed by atoms with E-state index in [9.17, 15) is 0 Å². The number of rotatable bonds is 2. The fourth-order valence-corrected chi connectivity index (χ4v) is 1.36. The van der Waals surface area contributed by atoms with Gasteiger partial charge in [0, 0.05) is 11.1 Å². The second-order valence-electron chi connectivity index (χ2n) is 3.03. The third-order valence-corrected chi connectivity index (χ3v) is 2.07. The molecule has 1 N–H and O–H groups in total. The van der Waals surface area contributed by atoms with E-state index in [4.69, 9.17) is 5.21 Å². The minimum absolute atomic E-state index is 0.658. The molecule has 5 nitrogen and oxygen atoms in total. The molecule has 0 atom stereocenters. The molecular weight excluding hydrogens is 194 g/mol. The zero-order chi connectivity index (χ0) is 10.7. The molecule has 76 valence electrons. The van der Waals surface area contributed by atoms with Crippen LogP contribution in [0.5, 0.6) is 0 Å². The van der Waals surface area contributed by atoms with Crippen molar-refractivity contribution in [3.8, 4) is 11.3 Å². The van der Waals surface area contributed by atoms with Gasteiger partial charge < -0.3 is 5.21 Å². The van der Waals surface area contributed by atoms with Crippen LogP contribution in [0.3, 0.4) is 0 Å². The van der Waals surface area contributed by atoms with Gasteiger partial charge in [0.1, 0.15) is 11.4 Å². The van der Waals surface area contributed by atoms with Gasteiger partial charge in [0.25, 0.3) is 0 Å². The Bertz CT molecular complexity index is 491. The molecule has 0 spiro atoms. The molecule has 0 aliphatic carbocycles. The summed E-state index contributed by atoms with van der Waals surface area (Å²) < 4.78 is 4.63.